The molecule has 1 saturated carbocycles. The number of carbonyl (C=O) groups excluding carboxylic acids is 1. The van der Waals surface area contributed by atoms with Gasteiger partial charge in [-0.3, -0.25) is 4.79 Å². The van der Waals surface area contributed by atoms with Crippen LogP contribution in [-0.2, 0) is 11.2 Å². The Labute approximate surface area is 180 Å². The SMILES string of the molecule is O=C(Cc1noc(C(c2ccccc2)C2CCCCC2)n1)Nc1ccccc1C(=O)O. The lowest BCUT2D eigenvalue weighted by atomic mass is 9.76. The van der Waals surface area contributed by atoms with E-state index in [1.165, 1.54) is 25.3 Å². The fourth-order valence-corrected chi connectivity index (χ4v) is 4.33. The third-order valence-electron chi connectivity index (χ3n) is 5.78. The highest BCUT2D eigenvalue weighted by molar-refractivity contribution is 6.00. The number of carbonyl (C=O) groups is 2. The maximum atomic E-state index is 12.5. The highest BCUT2D eigenvalue weighted by atomic mass is 16.5. The number of benzene rings is 2. The van der Waals surface area contributed by atoms with Gasteiger partial charge in [-0.05, 0) is 36.5 Å². The summed E-state index contributed by atoms with van der Waals surface area (Å²) in [6, 6.07) is 16.4. The van der Waals surface area contributed by atoms with Crippen molar-refractivity contribution >= 4 is 17.6 Å². The minimum absolute atomic E-state index is 0.0125. The topological polar surface area (TPSA) is 105 Å². The number of nitrogens with one attached hydrogen (secondary N) is 1. The van der Waals surface area contributed by atoms with Crippen molar-refractivity contribution < 1.29 is 19.2 Å². The molecule has 1 heterocycles. The van der Waals surface area contributed by atoms with Crippen LogP contribution < -0.4 is 5.32 Å². The number of nitrogens with zero attached hydrogens (tertiary/aromatic N) is 2. The Balaban J connectivity index is 1.51. The monoisotopic (exact) mass is 419 g/mol. The number of hydrogen-bond acceptors (Lipinski definition) is 5. The molecule has 1 aliphatic rings. The second-order valence-corrected chi connectivity index (χ2v) is 7.91. The Morgan fingerprint density at radius 3 is 2.48 bits per heavy atom. The summed E-state index contributed by atoms with van der Waals surface area (Å²) in [7, 11) is 0. The highest BCUT2D eigenvalue weighted by Gasteiger charge is 2.31. The van der Waals surface area contributed by atoms with Crippen molar-refractivity contribution in [3.63, 3.8) is 0 Å². The number of anilines is 1. The van der Waals surface area contributed by atoms with Crippen LogP contribution in [0.2, 0.25) is 0 Å². The molecule has 1 aliphatic carbocycles. The van der Waals surface area contributed by atoms with Gasteiger partial charge in [0.15, 0.2) is 5.82 Å². The summed E-state index contributed by atoms with van der Waals surface area (Å²) in [5.74, 6) is -0.228. The molecule has 1 fully saturated rings. The third kappa shape index (κ3) is 4.99. The van der Waals surface area contributed by atoms with E-state index in [1.807, 2.05) is 18.2 Å². The highest BCUT2D eigenvalue weighted by Crippen LogP contribution is 2.39. The molecule has 31 heavy (non-hydrogen) atoms. The van der Waals surface area contributed by atoms with Crippen LogP contribution in [0, 0.1) is 5.92 Å². The molecule has 1 amide bonds. The van der Waals surface area contributed by atoms with Crippen LogP contribution in [-0.4, -0.2) is 27.1 Å². The molecule has 1 atom stereocenters. The van der Waals surface area contributed by atoms with E-state index in [0.29, 0.717) is 11.8 Å². The van der Waals surface area contributed by atoms with Gasteiger partial charge in [0, 0.05) is 0 Å². The van der Waals surface area contributed by atoms with Crippen LogP contribution in [0.3, 0.4) is 0 Å². The summed E-state index contributed by atoms with van der Waals surface area (Å²) in [5, 5.41) is 15.9. The first-order chi connectivity index (χ1) is 15.1. The normalized spacial score (nSPS) is 15.4. The fraction of sp³-hybridized carbons (Fsp3) is 0.333. The van der Waals surface area contributed by atoms with E-state index in [9.17, 15) is 14.7 Å². The van der Waals surface area contributed by atoms with Crippen LogP contribution in [0.1, 0.15) is 65.7 Å². The lowest BCUT2D eigenvalue weighted by Crippen LogP contribution is -2.19. The van der Waals surface area contributed by atoms with Gasteiger partial charge in [0.05, 0.1) is 23.6 Å². The molecule has 3 aromatic rings. The standard InChI is InChI=1S/C24H25N3O4/c28-21(25-19-14-8-7-13-18(19)24(29)30)15-20-26-23(31-27-20)22(16-9-3-1-4-10-16)17-11-5-2-6-12-17/h1,3-4,7-10,13-14,17,22H,2,5-6,11-12,15H2,(H,25,28)(H,29,30). The molecule has 0 aliphatic heterocycles. The first-order valence-electron chi connectivity index (χ1n) is 10.6. The van der Waals surface area contributed by atoms with Gasteiger partial charge in [0.2, 0.25) is 11.8 Å². The van der Waals surface area contributed by atoms with Gasteiger partial charge >= 0.3 is 5.97 Å². The Kier molecular flexibility index (Phi) is 6.40. The van der Waals surface area contributed by atoms with Gasteiger partial charge in [-0.25, -0.2) is 4.79 Å². The minimum Gasteiger partial charge on any atom is -0.478 e. The van der Waals surface area contributed by atoms with Crippen molar-refractivity contribution in [2.75, 3.05) is 5.32 Å². The zero-order chi connectivity index (χ0) is 21.6. The number of aromatic nitrogens is 2. The van der Waals surface area contributed by atoms with E-state index in [0.717, 1.165) is 18.4 Å². The van der Waals surface area contributed by atoms with E-state index in [-0.39, 0.29) is 29.4 Å². The van der Waals surface area contributed by atoms with E-state index in [2.05, 4.69) is 27.6 Å². The van der Waals surface area contributed by atoms with Crippen molar-refractivity contribution in [2.24, 2.45) is 5.92 Å². The summed E-state index contributed by atoms with van der Waals surface area (Å²) in [6.45, 7) is 0. The Bertz CT molecular complexity index is 1040. The Morgan fingerprint density at radius 2 is 1.74 bits per heavy atom. The van der Waals surface area contributed by atoms with Crippen molar-refractivity contribution in [1.82, 2.24) is 10.1 Å². The van der Waals surface area contributed by atoms with Crippen molar-refractivity contribution in [2.45, 2.75) is 44.4 Å². The first kappa shape index (κ1) is 20.8. The van der Waals surface area contributed by atoms with Crippen molar-refractivity contribution in [3.05, 3.63) is 77.4 Å². The van der Waals surface area contributed by atoms with E-state index < -0.39 is 11.9 Å². The minimum atomic E-state index is -1.10. The largest absolute Gasteiger partial charge is 0.478 e. The van der Waals surface area contributed by atoms with Crippen molar-refractivity contribution in [3.8, 4) is 0 Å². The quantitative estimate of drug-likeness (QED) is 0.577. The predicted molar refractivity (Wildman–Crippen MR) is 115 cm³/mol. The number of carboxylic acids is 1. The zero-order valence-electron chi connectivity index (χ0n) is 17.2. The molecule has 1 aromatic heterocycles. The number of amides is 1. The average molecular weight is 419 g/mol. The Hall–Kier alpha value is -3.48. The molecule has 2 aromatic carbocycles. The van der Waals surface area contributed by atoms with Crippen LogP contribution in [0.25, 0.3) is 0 Å². The molecule has 2 N–H and O–H groups in total. The summed E-state index contributed by atoms with van der Waals surface area (Å²) < 4.78 is 5.61. The molecule has 1 unspecified atom stereocenters. The molecule has 0 bridgehead atoms. The number of carboxylic acid groups (broad SMARTS) is 1. The molecule has 7 nitrogen and oxygen atoms in total. The van der Waals surface area contributed by atoms with Gasteiger partial charge in [-0.1, -0.05) is 66.9 Å². The lowest BCUT2D eigenvalue weighted by Gasteiger charge is -2.28. The second kappa shape index (κ2) is 9.55. The van der Waals surface area contributed by atoms with Crippen LogP contribution in [0.15, 0.2) is 59.1 Å². The molecule has 0 radical (unpaired) electrons. The van der Waals surface area contributed by atoms with Gasteiger partial charge in [0.1, 0.15) is 0 Å². The van der Waals surface area contributed by atoms with Gasteiger partial charge < -0.3 is 14.9 Å². The maximum Gasteiger partial charge on any atom is 0.337 e. The van der Waals surface area contributed by atoms with Crippen LogP contribution in [0.4, 0.5) is 5.69 Å². The summed E-state index contributed by atoms with van der Waals surface area (Å²) in [5.41, 5.74) is 1.42. The van der Waals surface area contributed by atoms with Crippen LogP contribution >= 0.6 is 0 Å². The summed E-state index contributed by atoms with van der Waals surface area (Å²) in [4.78, 5) is 28.4. The number of para-hydroxylation sites is 1. The summed E-state index contributed by atoms with van der Waals surface area (Å²) >= 11 is 0. The molecule has 4 rings (SSSR count). The fourth-order valence-electron chi connectivity index (χ4n) is 4.33. The van der Waals surface area contributed by atoms with Gasteiger partial charge in [-0.15, -0.1) is 0 Å². The van der Waals surface area contributed by atoms with E-state index in [4.69, 9.17) is 4.52 Å². The molecular weight excluding hydrogens is 394 g/mol. The maximum absolute atomic E-state index is 12.5. The smallest absolute Gasteiger partial charge is 0.337 e. The van der Waals surface area contributed by atoms with Gasteiger partial charge in [-0.2, -0.15) is 4.98 Å². The predicted octanol–water partition coefficient (Wildman–Crippen LogP) is 4.66. The lowest BCUT2D eigenvalue weighted by molar-refractivity contribution is -0.115. The van der Waals surface area contributed by atoms with Crippen LogP contribution in [0.5, 0.6) is 0 Å². The molecule has 0 spiro atoms. The molecule has 0 saturated heterocycles. The second-order valence-electron chi connectivity index (χ2n) is 7.91. The number of rotatable bonds is 7. The van der Waals surface area contributed by atoms with Crippen molar-refractivity contribution in [1.29, 1.82) is 0 Å². The Morgan fingerprint density at radius 1 is 1.03 bits per heavy atom. The molecule has 7 heteroatoms. The molecular formula is C24H25N3O4. The summed E-state index contributed by atoms with van der Waals surface area (Å²) in [6.07, 6.45) is 5.78. The zero-order valence-corrected chi connectivity index (χ0v) is 17.2. The number of aromatic carboxylic acids is 1. The van der Waals surface area contributed by atoms with E-state index >= 15 is 0 Å². The molecule has 160 valence electrons. The third-order valence-corrected chi connectivity index (χ3v) is 5.78. The first-order valence-corrected chi connectivity index (χ1v) is 10.6. The van der Waals surface area contributed by atoms with Gasteiger partial charge in [0.25, 0.3) is 0 Å². The average Bonchev–Trinajstić information content (AvgIpc) is 3.23. The van der Waals surface area contributed by atoms with E-state index in [1.54, 1.807) is 18.2 Å². The number of hydrogen-bond donors (Lipinski definition) is 2.